The molecule has 0 aliphatic rings. The molecular formula is C13H7ClN. The summed E-state index contributed by atoms with van der Waals surface area (Å²) in [6.07, 6.45) is 0. The van der Waals surface area contributed by atoms with Crippen LogP contribution in [0.15, 0.2) is 42.5 Å². The summed E-state index contributed by atoms with van der Waals surface area (Å²) in [5, 5.41) is 9.19. The molecule has 0 saturated carbocycles. The number of halogens is 1. The van der Waals surface area contributed by atoms with Gasteiger partial charge in [0.15, 0.2) is 0 Å². The molecule has 0 atom stereocenters. The fourth-order valence-electron chi connectivity index (χ4n) is 1.34. The van der Waals surface area contributed by atoms with Crippen LogP contribution in [0, 0.1) is 17.4 Å². The number of rotatable bonds is 1. The first-order chi connectivity index (χ1) is 7.31. The largest absolute Gasteiger partial charge is 0.192 e. The van der Waals surface area contributed by atoms with E-state index >= 15 is 0 Å². The van der Waals surface area contributed by atoms with Gasteiger partial charge in [-0.1, -0.05) is 41.9 Å². The van der Waals surface area contributed by atoms with Crippen LogP contribution in [-0.4, -0.2) is 0 Å². The molecule has 0 N–H and O–H groups in total. The molecule has 2 heteroatoms. The van der Waals surface area contributed by atoms with Crippen LogP contribution >= 0.6 is 11.6 Å². The summed E-state index contributed by atoms with van der Waals surface area (Å²) in [5.74, 6) is 0. The molecule has 71 valence electrons. The third-order valence-corrected chi connectivity index (χ3v) is 2.42. The van der Waals surface area contributed by atoms with Crippen molar-refractivity contribution in [1.82, 2.24) is 0 Å². The van der Waals surface area contributed by atoms with Crippen LogP contribution in [0.25, 0.3) is 11.1 Å². The molecule has 0 unspecified atom stereocenters. The smallest absolute Gasteiger partial charge is 0.101 e. The first-order valence-corrected chi connectivity index (χ1v) is 4.86. The van der Waals surface area contributed by atoms with E-state index in [4.69, 9.17) is 16.9 Å². The standard InChI is InChI=1S/C13H7ClN/c14-13-8-11(6-7-12(13)9-15)10-4-2-1-3-5-10/h1-5,7-8H. The summed E-state index contributed by atoms with van der Waals surface area (Å²) in [6.45, 7) is 0. The summed E-state index contributed by atoms with van der Waals surface area (Å²) in [5.41, 5.74) is 2.40. The Labute approximate surface area is 93.5 Å². The van der Waals surface area contributed by atoms with E-state index in [1.54, 1.807) is 12.1 Å². The predicted molar refractivity (Wildman–Crippen MR) is 60.4 cm³/mol. The lowest BCUT2D eigenvalue weighted by Gasteiger charge is -2.01. The molecule has 15 heavy (non-hydrogen) atoms. The second-order valence-electron chi connectivity index (χ2n) is 3.09. The quantitative estimate of drug-likeness (QED) is 0.708. The molecule has 0 aliphatic heterocycles. The Hall–Kier alpha value is -1.78. The van der Waals surface area contributed by atoms with Crippen LogP contribution in [0.3, 0.4) is 0 Å². The van der Waals surface area contributed by atoms with E-state index in [0.717, 1.165) is 11.1 Å². The Balaban J connectivity index is 2.49. The summed E-state index contributed by atoms with van der Waals surface area (Å²) >= 11 is 5.94. The highest BCUT2D eigenvalue weighted by atomic mass is 35.5. The molecule has 0 bridgehead atoms. The zero-order valence-electron chi connectivity index (χ0n) is 7.87. The van der Waals surface area contributed by atoms with Gasteiger partial charge in [-0.3, -0.25) is 0 Å². The molecule has 2 aromatic rings. The lowest BCUT2D eigenvalue weighted by molar-refractivity contribution is 1.48. The minimum atomic E-state index is 0.455. The van der Waals surface area contributed by atoms with Crippen molar-refractivity contribution in [2.24, 2.45) is 0 Å². The van der Waals surface area contributed by atoms with Crippen LogP contribution in [0.4, 0.5) is 0 Å². The molecule has 0 aromatic heterocycles. The fraction of sp³-hybridized carbons (Fsp3) is 0. The van der Waals surface area contributed by atoms with Crippen molar-refractivity contribution in [2.45, 2.75) is 0 Å². The van der Waals surface area contributed by atoms with E-state index in [-0.39, 0.29) is 0 Å². The topological polar surface area (TPSA) is 23.8 Å². The Morgan fingerprint density at radius 1 is 1.20 bits per heavy atom. The lowest BCUT2D eigenvalue weighted by Crippen LogP contribution is -1.81. The minimum absolute atomic E-state index is 0.455. The maximum absolute atomic E-state index is 8.73. The molecule has 0 spiro atoms. The fourth-order valence-corrected chi connectivity index (χ4v) is 1.54. The first kappa shape index (κ1) is 9.76. The molecule has 2 rings (SSSR count). The van der Waals surface area contributed by atoms with Crippen molar-refractivity contribution >= 4 is 11.6 Å². The third-order valence-electron chi connectivity index (χ3n) is 2.11. The molecule has 0 saturated heterocycles. The van der Waals surface area contributed by atoms with Crippen molar-refractivity contribution in [3.63, 3.8) is 0 Å². The van der Waals surface area contributed by atoms with E-state index < -0.39 is 0 Å². The van der Waals surface area contributed by atoms with Gasteiger partial charge in [-0.05, 0) is 29.3 Å². The van der Waals surface area contributed by atoms with E-state index in [1.807, 2.05) is 36.4 Å². The zero-order valence-corrected chi connectivity index (χ0v) is 8.62. The predicted octanol–water partition coefficient (Wildman–Crippen LogP) is 3.68. The Morgan fingerprint density at radius 2 is 1.93 bits per heavy atom. The Kier molecular flexibility index (Phi) is 2.71. The van der Waals surface area contributed by atoms with E-state index in [1.165, 1.54) is 0 Å². The van der Waals surface area contributed by atoms with Gasteiger partial charge in [0.1, 0.15) is 6.07 Å². The number of hydrogen-bond acceptors (Lipinski definition) is 1. The highest BCUT2D eigenvalue weighted by Crippen LogP contribution is 2.24. The summed E-state index contributed by atoms with van der Waals surface area (Å²) in [7, 11) is 0. The van der Waals surface area contributed by atoms with Crippen molar-refractivity contribution in [3.05, 3.63) is 59.1 Å². The van der Waals surface area contributed by atoms with Crippen molar-refractivity contribution < 1.29 is 0 Å². The average Bonchev–Trinajstić information content (AvgIpc) is 2.30. The molecule has 0 aliphatic carbocycles. The van der Waals surface area contributed by atoms with Gasteiger partial charge in [0.05, 0.1) is 10.6 Å². The highest BCUT2D eigenvalue weighted by molar-refractivity contribution is 6.32. The molecule has 1 radical (unpaired) electrons. The number of nitrogens with zero attached hydrogens (tertiary/aromatic N) is 1. The number of nitriles is 1. The minimum Gasteiger partial charge on any atom is -0.192 e. The van der Waals surface area contributed by atoms with Crippen LogP contribution in [-0.2, 0) is 0 Å². The summed E-state index contributed by atoms with van der Waals surface area (Å²) < 4.78 is 0. The molecule has 0 fully saturated rings. The molecule has 0 heterocycles. The molecular weight excluding hydrogens is 206 g/mol. The van der Waals surface area contributed by atoms with Crippen LogP contribution in [0.5, 0.6) is 0 Å². The van der Waals surface area contributed by atoms with Gasteiger partial charge in [0, 0.05) is 0 Å². The van der Waals surface area contributed by atoms with E-state index in [2.05, 4.69) is 6.07 Å². The van der Waals surface area contributed by atoms with Crippen molar-refractivity contribution in [2.75, 3.05) is 0 Å². The average molecular weight is 213 g/mol. The van der Waals surface area contributed by atoms with Gasteiger partial charge in [0.2, 0.25) is 0 Å². The van der Waals surface area contributed by atoms with Crippen LogP contribution in [0.1, 0.15) is 5.56 Å². The van der Waals surface area contributed by atoms with Gasteiger partial charge in [0.25, 0.3) is 0 Å². The van der Waals surface area contributed by atoms with Crippen molar-refractivity contribution in [3.8, 4) is 17.2 Å². The maximum Gasteiger partial charge on any atom is 0.101 e. The van der Waals surface area contributed by atoms with Gasteiger partial charge in [-0.25, -0.2) is 0 Å². The van der Waals surface area contributed by atoms with Gasteiger partial charge in [-0.2, -0.15) is 5.26 Å². The second kappa shape index (κ2) is 4.16. The summed E-state index contributed by atoms with van der Waals surface area (Å²) in [4.78, 5) is 0. The lowest BCUT2D eigenvalue weighted by atomic mass is 10.0. The van der Waals surface area contributed by atoms with Crippen LogP contribution in [0.2, 0.25) is 5.02 Å². The monoisotopic (exact) mass is 212 g/mol. The normalized spacial score (nSPS) is 9.60. The van der Waals surface area contributed by atoms with Gasteiger partial charge < -0.3 is 0 Å². The highest BCUT2D eigenvalue weighted by Gasteiger charge is 2.02. The molecule has 1 nitrogen and oxygen atoms in total. The van der Waals surface area contributed by atoms with E-state index in [0.29, 0.717) is 10.6 Å². The Morgan fingerprint density at radius 3 is 2.53 bits per heavy atom. The Bertz CT molecular complexity index is 512. The van der Waals surface area contributed by atoms with Gasteiger partial charge in [-0.15, -0.1) is 0 Å². The summed E-state index contributed by atoms with van der Waals surface area (Å²) in [6, 6.07) is 18.2. The number of hydrogen-bond donors (Lipinski definition) is 0. The van der Waals surface area contributed by atoms with Crippen LogP contribution < -0.4 is 0 Å². The maximum atomic E-state index is 8.73. The molecule has 2 aromatic carbocycles. The number of benzene rings is 2. The van der Waals surface area contributed by atoms with Gasteiger partial charge >= 0.3 is 0 Å². The van der Waals surface area contributed by atoms with E-state index in [9.17, 15) is 0 Å². The zero-order chi connectivity index (χ0) is 10.7. The molecule has 0 amide bonds. The van der Waals surface area contributed by atoms with Crippen molar-refractivity contribution in [1.29, 1.82) is 5.26 Å². The first-order valence-electron chi connectivity index (χ1n) is 4.48. The third kappa shape index (κ3) is 2.01. The second-order valence-corrected chi connectivity index (χ2v) is 3.49. The SMILES string of the molecule is N#Cc1c[c]c(-c2ccccc2)cc1Cl.